The number of aromatic nitrogens is 1. The SMILES string of the molecule is CC(C)(C)OC(=O)NCc1cccc(-c2cccc3cc[nH]c23)c1. The van der Waals surface area contributed by atoms with E-state index in [-0.39, 0.29) is 0 Å². The van der Waals surface area contributed by atoms with Crippen LogP contribution in [-0.2, 0) is 11.3 Å². The van der Waals surface area contributed by atoms with E-state index in [0.29, 0.717) is 6.54 Å². The lowest BCUT2D eigenvalue weighted by atomic mass is 10.0. The van der Waals surface area contributed by atoms with Crippen molar-refractivity contribution in [3.63, 3.8) is 0 Å². The van der Waals surface area contributed by atoms with Crippen LogP contribution in [0.2, 0.25) is 0 Å². The van der Waals surface area contributed by atoms with Crippen LogP contribution in [0.15, 0.2) is 54.7 Å². The van der Waals surface area contributed by atoms with Crippen LogP contribution in [0.4, 0.5) is 4.79 Å². The Morgan fingerprint density at radius 1 is 1.12 bits per heavy atom. The summed E-state index contributed by atoms with van der Waals surface area (Å²) in [7, 11) is 0. The second-order valence-electron chi connectivity index (χ2n) is 6.80. The zero-order valence-electron chi connectivity index (χ0n) is 14.2. The number of aromatic amines is 1. The monoisotopic (exact) mass is 322 g/mol. The second kappa shape index (κ2) is 6.40. The number of rotatable bonds is 3. The maximum atomic E-state index is 11.8. The minimum atomic E-state index is -0.491. The molecule has 0 bridgehead atoms. The van der Waals surface area contributed by atoms with Gasteiger partial charge in [-0.2, -0.15) is 0 Å². The van der Waals surface area contributed by atoms with Crippen LogP contribution in [0.3, 0.4) is 0 Å². The van der Waals surface area contributed by atoms with Crippen LogP contribution < -0.4 is 5.32 Å². The third-order valence-corrected chi connectivity index (χ3v) is 3.66. The molecule has 1 heterocycles. The van der Waals surface area contributed by atoms with E-state index in [0.717, 1.165) is 22.2 Å². The van der Waals surface area contributed by atoms with Crippen molar-refractivity contribution in [3.05, 3.63) is 60.3 Å². The average Bonchev–Trinajstić information content (AvgIpc) is 3.00. The summed E-state index contributed by atoms with van der Waals surface area (Å²) in [4.78, 5) is 15.1. The largest absolute Gasteiger partial charge is 0.444 e. The smallest absolute Gasteiger partial charge is 0.407 e. The van der Waals surface area contributed by atoms with Crippen molar-refractivity contribution in [2.45, 2.75) is 32.9 Å². The van der Waals surface area contributed by atoms with Crippen LogP contribution in [0.25, 0.3) is 22.0 Å². The summed E-state index contributed by atoms with van der Waals surface area (Å²) in [6.07, 6.45) is 1.54. The van der Waals surface area contributed by atoms with Crippen molar-refractivity contribution in [3.8, 4) is 11.1 Å². The predicted molar refractivity (Wildman–Crippen MR) is 96.8 cm³/mol. The van der Waals surface area contributed by atoms with Gasteiger partial charge in [-0.3, -0.25) is 0 Å². The summed E-state index contributed by atoms with van der Waals surface area (Å²) in [5.74, 6) is 0. The first-order valence-electron chi connectivity index (χ1n) is 8.05. The van der Waals surface area contributed by atoms with Gasteiger partial charge in [0.25, 0.3) is 0 Å². The summed E-state index contributed by atoms with van der Waals surface area (Å²) in [6, 6.07) is 16.5. The number of hydrogen-bond donors (Lipinski definition) is 2. The molecule has 4 heteroatoms. The fourth-order valence-electron chi connectivity index (χ4n) is 2.66. The summed E-state index contributed by atoms with van der Waals surface area (Å²) < 4.78 is 5.27. The number of ether oxygens (including phenoxy) is 1. The fourth-order valence-corrected chi connectivity index (χ4v) is 2.66. The van der Waals surface area contributed by atoms with Gasteiger partial charge in [-0.05, 0) is 49.4 Å². The Hall–Kier alpha value is -2.75. The zero-order valence-corrected chi connectivity index (χ0v) is 14.2. The topological polar surface area (TPSA) is 54.1 Å². The highest BCUT2D eigenvalue weighted by Gasteiger charge is 2.15. The summed E-state index contributed by atoms with van der Waals surface area (Å²) in [5.41, 5.74) is 3.93. The van der Waals surface area contributed by atoms with Crippen LogP contribution in [0, 0.1) is 0 Å². The number of para-hydroxylation sites is 1. The lowest BCUT2D eigenvalue weighted by Crippen LogP contribution is -2.32. The van der Waals surface area contributed by atoms with Gasteiger partial charge < -0.3 is 15.0 Å². The summed E-state index contributed by atoms with van der Waals surface area (Å²) >= 11 is 0. The molecule has 0 aliphatic heterocycles. The number of carbonyl (C=O) groups is 1. The molecule has 2 N–H and O–H groups in total. The van der Waals surface area contributed by atoms with Crippen molar-refractivity contribution < 1.29 is 9.53 Å². The number of nitrogens with one attached hydrogen (secondary N) is 2. The molecule has 0 radical (unpaired) electrons. The minimum Gasteiger partial charge on any atom is -0.444 e. The molecule has 0 spiro atoms. The summed E-state index contributed by atoms with van der Waals surface area (Å²) in [5, 5.41) is 3.98. The number of carbonyl (C=O) groups excluding carboxylic acids is 1. The second-order valence-corrected chi connectivity index (χ2v) is 6.80. The Morgan fingerprint density at radius 2 is 1.92 bits per heavy atom. The molecule has 0 saturated heterocycles. The van der Waals surface area contributed by atoms with Gasteiger partial charge in [-0.1, -0.05) is 36.4 Å². The van der Waals surface area contributed by atoms with Gasteiger partial charge in [0, 0.05) is 18.3 Å². The van der Waals surface area contributed by atoms with E-state index < -0.39 is 11.7 Å². The third kappa shape index (κ3) is 3.77. The molecule has 3 rings (SSSR count). The van der Waals surface area contributed by atoms with Gasteiger partial charge in [0.2, 0.25) is 0 Å². The molecule has 1 amide bonds. The number of alkyl carbamates (subject to hydrolysis) is 1. The molecular weight excluding hydrogens is 300 g/mol. The number of amides is 1. The number of fused-ring (bicyclic) bond motifs is 1. The van der Waals surface area contributed by atoms with E-state index in [1.54, 1.807) is 0 Å². The van der Waals surface area contributed by atoms with Gasteiger partial charge in [-0.25, -0.2) is 4.79 Å². The van der Waals surface area contributed by atoms with Gasteiger partial charge in [0.15, 0.2) is 0 Å². The molecule has 3 aromatic rings. The maximum Gasteiger partial charge on any atom is 0.407 e. The molecule has 1 aromatic heterocycles. The molecule has 0 atom stereocenters. The Morgan fingerprint density at radius 3 is 2.71 bits per heavy atom. The van der Waals surface area contributed by atoms with E-state index in [4.69, 9.17) is 4.74 Å². The molecule has 2 aromatic carbocycles. The van der Waals surface area contributed by atoms with Crippen molar-refractivity contribution in [1.82, 2.24) is 10.3 Å². The first-order valence-corrected chi connectivity index (χ1v) is 8.05. The molecule has 0 saturated carbocycles. The third-order valence-electron chi connectivity index (χ3n) is 3.66. The molecule has 0 fully saturated rings. The van der Waals surface area contributed by atoms with Crippen molar-refractivity contribution >= 4 is 17.0 Å². The quantitative estimate of drug-likeness (QED) is 0.723. The van der Waals surface area contributed by atoms with Gasteiger partial charge in [-0.15, -0.1) is 0 Å². The molecule has 0 unspecified atom stereocenters. The van der Waals surface area contributed by atoms with E-state index in [1.165, 1.54) is 5.39 Å². The molecule has 0 aliphatic carbocycles. The summed E-state index contributed by atoms with van der Waals surface area (Å²) in [6.45, 7) is 5.99. The minimum absolute atomic E-state index is 0.403. The predicted octanol–water partition coefficient (Wildman–Crippen LogP) is 4.86. The van der Waals surface area contributed by atoms with Crippen LogP contribution >= 0.6 is 0 Å². The highest BCUT2D eigenvalue weighted by molar-refractivity contribution is 5.94. The molecule has 4 nitrogen and oxygen atoms in total. The Balaban J connectivity index is 1.78. The fraction of sp³-hybridized carbons (Fsp3) is 0.250. The Labute approximate surface area is 141 Å². The molecule has 0 aliphatic rings. The number of H-pyrrole nitrogens is 1. The average molecular weight is 322 g/mol. The molecule has 124 valence electrons. The Bertz CT molecular complexity index is 859. The zero-order chi connectivity index (χ0) is 17.2. The standard InChI is InChI=1S/C20H22N2O2/c1-20(2,3)24-19(23)22-13-14-6-4-8-16(12-14)17-9-5-7-15-10-11-21-18(15)17/h4-12,21H,13H2,1-3H3,(H,22,23). The lowest BCUT2D eigenvalue weighted by Gasteiger charge is -2.19. The first-order chi connectivity index (χ1) is 11.4. The van der Waals surface area contributed by atoms with Gasteiger partial charge >= 0.3 is 6.09 Å². The van der Waals surface area contributed by atoms with Gasteiger partial charge in [0.1, 0.15) is 5.60 Å². The van der Waals surface area contributed by atoms with E-state index in [9.17, 15) is 4.79 Å². The normalized spacial score (nSPS) is 11.5. The van der Waals surface area contributed by atoms with Crippen LogP contribution in [-0.4, -0.2) is 16.7 Å². The van der Waals surface area contributed by atoms with Crippen molar-refractivity contribution in [1.29, 1.82) is 0 Å². The van der Waals surface area contributed by atoms with E-state index in [1.807, 2.05) is 39.1 Å². The van der Waals surface area contributed by atoms with E-state index >= 15 is 0 Å². The van der Waals surface area contributed by atoms with E-state index in [2.05, 4.69) is 46.7 Å². The van der Waals surface area contributed by atoms with Gasteiger partial charge in [0.05, 0.1) is 5.52 Å². The van der Waals surface area contributed by atoms with Crippen LogP contribution in [0.5, 0.6) is 0 Å². The number of benzene rings is 2. The van der Waals surface area contributed by atoms with Crippen LogP contribution in [0.1, 0.15) is 26.3 Å². The Kier molecular flexibility index (Phi) is 4.30. The highest BCUT2D eigenvalue weighted by atomic mass is 16.6. The maximum absolute atomic E-state index is 11.8. The van der Waals surface area contributed by atoms with Crippen molar-refractivity contribution in [2.24, 2.45) is 0 Å². The number of hydrogen-bond acceptors (Lipinski definition) is 2. The first kappa shape index (κ1) is 16.1. The highest BCUT2D eigenvalue weighted by Crippen LogP contribution is 2.28. The molecular formula is C20H22N2O2. The lowest BCUT2D eigenvalue weighted by molar-refractivity contribution is 0.0523. The molecule has 24 heavy (non-hydrogen) atoms. The van der Waals surface area contributed by atoms with Crippen molar-refractivity contribution in [2.75, 3.05) is 0 Å².